The largest absolute Gasteiger partial charge is 0.489 e. The third-order valence-corrected chi connectivity index (χ3v) is 5.03. The van der Waals surface area contributed by atoms with Crippen LogP contribution in [-0.4, -0.2) is 21.1 Å². The zero-order chi connectivity index (χ0) is 18.6. The van der Waals surface area contributed by atoms with E-state index in [9.17, 15) is 0 Å². The van der Waals surface area contributed by atoms with E-state index in [1.165, 1.54) is 18.4 Å². The Hall–Kier alpha value is -2.66. The lowest BCUT2D eigenvalue weighted by atomic mass is 10.2. The van der Waals surface area contributed by atoms with Crippen molar-refractivity contribution < 1.29 is 9.26 Å². The van der Waals surface area contributed by atoms with Crippen LogP contribution in [0.5, 0.6) is 5.75 Å². The average molecular weight is 363 g/mol. The highest BCUT2D eigenvalue weighted by Crippen LogP contribution is 2.30. The molecule has 140 valence electrons. The fourth-order valence-corrected chi connectivity index (χ4v) is 3.24. The Kier molecular flexibility index (Phi) is 5.21. The Morgan fingerprint density at radius 3 is 2.52 bits per heavy atom. The van der Waals surface area contributed by atoms with E-state index in [1.807, 2.05) is 38.2 Å². The second-order valence-electron chi connectivity index (χ2n) is 7.19. The SMILES string of the molecule is Cc1noc(C)c1COc1ccc(CN(Cc2ccccn2)C2CC2)cc1. The zero-order valence-corrected chi connectivity index (χ0v) is 15.9. The van der Waals surface area contributed by atoms with Crippen LogP contribution in [0.3, 0.4) is 0 Å². The number of hydrogen-bond donors (Lipinski definition) is 0. The Bertz CT molecular complexity index is 851. The van der Waals surface area contributed by atoms with Gasteiger partial charge in [0.1, 0.15) is 18.1 Å². The quantitative estimate of drug-likeness (QED) is 0.592. The molecule has 0 spiro atoms. The molecule has 0 N–H and O–H groups in total. The molecule has 1 aliphatic carbocycles. The molecule has 3 aromatic rings. The van der Waals surface area contributed by atoms with Crippen LogP contribution in [0.4, 0.5) is 0 Å². The highest BCUT2D eigenvalue weighted by Gasteiger charge is 2.29. The van der Waals surface area contributed by atoms with Crippen molar-refractivity contribution in [3.8, 4) is 5.75 Å². The van der Waals surface area contributed by atoms with Crippen LogP contribution in [0.2, 0.25) is 0 Å². The monoisotopic (exact) mass is 363 g/mol. The normalized spacial score (nSPS) is 13.9. The minimum atomic E-state index is 0.481. The number of rotatable bonds is 8. The van der Waals surface area contributed by atoms with Crippen LogP contribution in [0.1, 0.15) is 41.1 Å². The van der Waals surface area contributed by atoms with Gasteiger partial charge in [0.2, 0.25) is 0 Å². The molecular formula is C22H25N3O2. The first-order chi connectivity index (χ1) is 13.2. The van der Waals surface area contributed by atoms with E-state index < -0.39 is 0 Å². The predicted molar refractivity (Wildman–Crippen MR) is 103 cm³/mol. The van der Waals surface area contributed by atoms with Crippen molar-refractivity contribution in [3.05, 3.63) is 76.9 Å². The summed E-state index contributed by atoms with van der Waals surface area (Å²) in [5.41, 5.74) is 4.33. The molecule has 4 rings (SSSR count). The second-order valence-corrected chi connectivity index (χ2v) is 7.19. The lowest BCUT2D eigenvalue weighted by Crippen LogP contribution is -2.25. The first-order valence-electron chi connectivity index (χ1n) is 9.46. The summed E-state index contributed by atoms with van der Waals surface area (Å²) in [6.45, 7) is 6.16. The van der Waals surface area contributed by atoms with Gasteiger partial charge in [-0.2, -0.15) is 0 Å². The Morgan fingerprint density at radius 1 is 1.07 bits per heavy atom. The van der Waals surface area contributed by atoms with Crippen molar-refractivity contribution in [1.29, 1.82) is 0 Å². The molecular weight excluding hydrogens is 338 g/mol. The second kappa shape index (κ2) is 7.92. The van der Waals surface area contributed by atoms with Gasteiger partial charge >= 0.3 is 0 Å². The van der Waals surface area contributed by atoms with E-state index in [1.54, 1.807) is 0 Å². The van der Waals surface area contributed by atoms with Crippen molar-refractivity contribution in [3.63, 3.8) is 0 Å². The van der Waals surface area contributed by atoms with E-state index in [-0.39, 0.29) is 0 Å². The highest BCUT2D eigenvalue weighted by molar-refractivity contribution is 5.28. The number of ether oxygens (including phenoxy) is 1. The van der Waals surface area contributed by atoms with Gasteiger partial charge in [-0.3, -0.25) is 9.88 Å². The van der Waals surface area contributed by atoms with Crippen LogP contribution >= 0.6 is 0 Å². The molecule has 1 aromatic carbocycles. The van der Waals surface area contributed by atoms with Gasteiger partial charge in [0, 0.05) is 25.3 Å². The molecule has 1 saturated carbocycles. The van der Waals surface area contributed by atoms with Crippen molar-refractivity contribution in [2.24, 2.45) is 0 Å². The number of nitrogens with zero attached hydrogens (tertiary/aromatic N) is 3. The number of benzene rings is 1. The Labute approximate surface area is 160 Å². The molecule has 0 bridgehead atoms. The van der Waals surface area contributed by atoms with Crippen molar-refractivity contribution in [2.75, 3.05) is 0 Å². The minimum Gasteiger partial charge on any atom is -0.489 e. The topological polar surface area (TPSA) is 51.4 Å². The Balaban J connectivity index is 1.36. The molecule has 0 unspecified atom stereocenters. The maximum absolute atomic E-state index is 5.90. The fourth-order valence-electron chi connectivity index (χ4n) is 3.24. The van der Waals surface area contributed by atoms with Crippen LogP contribution < -0.4 is 4.74 Å². The molecule has 2 heterocycles. The molecule has 5 nitrogen and oxygen atoms in total. The summed E-state index contributed by atoms with van der Waals surface area (Å²) in [5, 5.41) is 3.97. The predicted octanol–water partition coefficient (Wildman–Crippen LogP) is 4.43. The number of pyridine rings is 1. The van der Waals surface area contributed by atoms with Crippen LogP contribution in [0.25, 0.3) is 0 Å². The van der Waals surface area contributed by atoms with E-state index in [4.69, 9.17) is 9.26 Å². The molecule has 0 saturated heterocycles. The number of hydrogen-bond acceptors (Lipinski definition) is 5. The van der Waals surface area contributed by atoms with Crippen LogP contribution in [0, 0.1) is 13.8 Å². The lowest BCUT2D eigenvalue weighted by Gasteiger charge is -2.21. The molecule has 0 aliphatic heterocycles. The molecule has 0 atom stereocenters. The maximum atomic E-state index is 5.90. The van der Waals surface area contributed by atoms with Gasteiger partial charge in [-0.05, 0) is 56.5 Å². The fraction of sp³-hybridized carbons (Fsp3) is 0.364. The van der Waals surface area contributed by atoms with Gasteiger partial charge in [0.15, 0.2) is 0 Å². The average Bonchev–Trinajstić information content (AvgIpc) is 3.48. The van der Waals surface area contributed by atoms with E-state index in [0.29, 0.717) is 12.6 Å². The van der Waals surface area contributed by atoms with Gasteiger partial charge in [-0.25, -0.2) is 0 Å². The smallest absolute Gasteiger partial charge is 0.140 e. The minimum absolute atomic E-state index is 0.481. The molecule has 5 heteroatoms. The number of aromatic nitrogens is 2. The summed E-state index contributed by atoms with van der Waals surface area (Å²) < 4.78 is 11.1. The summed E-state index contributed by atoms with van der Waals surface area (Å²) in [7, 11) is 0. The van der Waals surface area contributed by atoms with E-state index in [0.717, 1.165) is 41.6 Å². The summed E-state index contributed by atoms with van der Waals surface area (Å²) in [4.78, 5) is 6.99. The first-order valence-corrected chi connectivity index (χ1v) is 9.46. The molecule has 1 aliphatic rings. The molecule has 2 aromatic heterocycles. The van der Waals surface area contributed by atoms with Crippen molar-refractivity contribution >= 4 is 0 Å². The van der Waals surface area contributed by atoms with Gasteiger partial charge in [0.05, 0.1) is 17.0 Å². The van der Waals surface area contributed by atoms with Crippen molar-refractivity contribution in [1.82, 2.24) is 15.0 Å². The molecule has 1 fully saturated rings. The van der Waals surface area contributed by atoms with E-state index in [2.05, 4.69) is 39.3 Å². The van der Waals surface area contributed by atoms with Gasteiger partial charge in [0.25, 0.3) is 0 Å². The third-order valence-electron chi connectivity index (χ3n) is 5.03. The number of aryl methyl sites for hydroxylation is 2. The summed E-state index contributed by atoms with van der Waals surface area (Å²) in [6.07, 6.45) is 4.43. The lowest BCUT2D eigenvalue weighted by molar-refractivity contribution is 0.242. The van der Waals surface area contributed by atoms with Gasteiger partial charge in [-0.1, -0.05) is 23.4 Å². The van der Waals surface area contributed by atoms with Crippen molar-refractivity contribution in [2.45, 2.75) is 52.4 Å². The summed E-state index contributed by atoms with van der Waals surface area (Å²) in [6, 6.07) is 15.2. The standard InChI is InChI=1S/C22H25N3O2/c1-16-22(17(2)27-24-16)15-26-21-10-6-18(7-11-21)13-25(20-8-9-20)14-19-5-3-4-12-23-19/h3-7,10-12,20H,8-9,13-15H2,1-2H3. The van der Waals surface area contributed by atoms with E-state index >= 15 is 0 Å². The highest BCUT2D eigenvalue weighted by atomic mass is 16.5. The van der Waals surface area contributed by atoms with Gasteiger partial charge < -0.3 is 9.26 Å². The summed E-state index contributed by atoms with van der Waals surface area (Å²) in [5.74, 6) is 1.68. The molecule has 27 heavy (non-hydrogen) atoms. The van der Waals surface area contributed by atoms with Crippen LogP contribution in [0.15, 0.2) is 53.2 Å². The zero-order valence-electron chi connectivity index (χ0n) is 15.9. The van der Waals surface area contributed by atoms with Gasteiger partial charge in [-0.15, -0.1) is 0 Å². The Morgan fingerprint density at radius 2 is 1.89 bits per heavy atom. The molecule has 0 amide bonds. The summed E-state index contributed by atoms with van der Waals surface area (Å²) >= 11 is 0. The third kappa shape index (κ3) is 4.55. The molecule has 0 radical (unpaired) electrons. The van der Waals surface area contributed by atoms with Crippen LogP contribution in [-0.2, 0) is 19.7 Å². The first kappa shape index (κ1) is 17.7. The maximum Gasteiger partial charge on any atom is 0.140 e.